The molecule has 1 aliphatic rings. The fourth-order valence-electron chi connectivity index (χ4n) is 1.61. The van der Waals surface area contributed by atoms with Crippen LogP contribution >= 0.6 is 8.60 Å². The Labute approximate surface area is 111 Å². The van der Waals surface area contributed by atoms with Gasteiger partial charge in [0.05, 0.1) is 19.8 Å². The van der Waals surface area contributed by atoms with Gasteiger partial charge in [-0.3, -0.25) is 4.79 Å². The lowest BCUT2D eigenvalue weighted by Crippen LogP contribution is -2.28. The van der Waals surface area contributed by atoms with Gasteiger partial charge in [0.15, 0.2) is 0 Å². The summed E-state index contributed by atoms with van der Waals surface area (Å²) in [6, 6.07) is 0. The van der Waals surface area contributed by atoms with E-state index in [-0.39, 0.29) is 5.91 Å². The monoisotopic (exact) mass is 277 g/mol. The van der Waals surface area contributed by atoms with E-state index < -0.39 is 8.60 Å². The van der Waals surface area contributed by atoms with E-state index in [9.17, 15) is 4.79 Å². The molecule has 0 aromatic rings. The zero-order valence-electron chi connectivity index (χ0n) is 11.4. The molecule has 5 nitrogen and oxygen atoms in total. The van der Waals surface area contributed by atoms with Crippen molar-refractivity contribution in [3.05, 3.63) is 0 Å². The van der Waals surface area contributed by atoms with Crippen molar-refractivity contribution < 1.29 is 18.4 Å². The van der Waals surface area contributed by atoms with Crippen LogP contribution in [0.15, 0.2) is 0 Å². The Morgan fingerprint density at radius 1 is 1.11 bits per heavy atom. The van der Waals surface area contributed by atoms with E-state index in [4.69, 9.17) is 13.6 Å². The van der Waals surface area contributed by atoms with Gasteiger partial charge in [-0.15, -0.1) is 0 Å². The minimum absolute atomic E-state index is 0.229. The highest BCUT2D eigenvalue weighted by molar-refractivity contribution is 7.41. The summed E-state index contributed by atoms with van der Waals surface area (Å²) in [5.41, 5.74) is 0. The second-order valence-electron chi connectivity index (χ2n) is 4.21. The Morgan fingerprint density at radius 3 is 2.22 bits per heavy atom. The van der Waals surface area contributed by atoms with Gasteiger partial charge in [0, 0.05) is 19.5 Å². The van der Waals surface area contributed by atoms with Crippen molar-refractivity contribution in [1.29, 1.82) is 0 Å². The van der Waals surface area contributed by atoms with Gasteiger partial charge in [0.2, 0.25) is 5.91 Å². The maximum Gasteiger partial charge on any atom is 0.332 e. The largest absolute Gasteiger partial charge is 0.340 e. The normalized spacial score (nSPS) is 15.9. The molecule has 0 spiro atoms. The summed E-state index contributed by atoms with van der Waals surface area (Å²) in [6.45, 7) is 7.39. The Balaban J connectivity index is 2.16. The summed E-state index contributed by atoms with van der Waals surface area (Å²) in [6.07, 6.45) is 3.53. The molecule has 0 saturated carbocycles. The van der Waals surface area contributed by atoms with E-state index in [1.165, 1.54) is 0 Å². The molecule has 0 radical (unpaired) electrons. The van der Waals surface area contributed by atoms with E-state index in [0.717, 1.165) is 25.8 Å². The molecule has 106 valence electrons. The molecule has 0 aliphatic carbocycles. The van der Waals surface area contributed by atoms with Crippen LogP contribution in [0.4, 0.5) is 0 Å². The predicted molar refractivity (Wildman–Crippen MR) is 71.2 cm³/mol. The smallest absolute Gasteiger partial charge is 0.332 e. The molecular weight excluding hydrogens is 253 g/mol. The van der Waals surface area contributed by atoms with Gasteiger partial charge in [-0.1, -0.05) is 13.8 Å². The van der Waals surface area contributed by atoms with Crippen molar-refractivity contribution in [1.82, 2.24) is 4.90 Å². The Morgan fingerprint density at radius 2 is 1.72 bits per heavy atom. The van der Waals surface area contributed by atoms with Crippen LogP contribution in [0.2, 0.25) is 0 Å². The molecular formula is C12H24NO4P. The standard InChI is InChI=1S/C12H24NO4P/c1-3-9-15-18(16-10-4-2)17-11-8-13-7-5-6-12(13)14/h3-11H2,1-2H3. The molecule has 18 heavy (non-hydrogen) atoms. The molecule has 1 heterocycles. The van der Waals surface area contributed by atoms with E-state index >= 15 is 0 Å². The zero-order valence-corrected chi connectivity index (χ0v) is 12.3. The molecule has 1 fully saturated rings. The molecule has 6 heteroatoms. The molecule has 0 aromatic heterocycles. The van der Waals surface area contributed by atoms with E-state index in [0.29, 0.717) is 32.8 Å². The number of rotatable bonds is 10. The first-order valence-corrected chi connectivity index (χ1v) is 7.84. The molecule has 0 aromatic carbocycles. The van der Waals surface area contributed by atoms with Crippen molar-refractivity contribution in [2.24, 2.45) is 0 Å². The first kappa shape index (κ1) is 15.8. The first-order valence-electron chi connectivity index (χ1n) is 6.74. The second kappa shape index (κ2) is 9.68. The summed E-state index contributed by atoms with van der Waals surface area (Å²) >= 11 is 0. The number of carbonyl (C=O) groups excluding carboxylic acids is 1. The third-order valence-corrected chi connectivity index (χ3v) is 3.71. The Kier molecular flexibility index (Phi) is 8.51. The van der Waals surface area contributed by atoms with Crippen molar-refractivity contribution in [3.8, 4) is 0 Å². The minimum Gasteiger partial charge on any atom is -0.340 e. The summed E-state index contributed by atoms with van der Waals surface area (Å²) in [7, 11) is -1.24. The maximum absolute atomic E-state index is 11.4. The Hall–Kier alpha value is -0.220. The van der Waals surface area contributed by atoms with Crippen LogP contribution in [0.25, 0.3) is 0 Å². The van der Waals surface area contributed by atoms with Gasteiger partial charge in [-0.2, -0.15) is 0 Å². The zero-order chi connectivity index (χ0) is 13.2. The van der Waals surface area contributed by atoms with Crippen molar-refractivity contribution in [2.45, 2.75) is 39.5 Å². The van der Waals surface area contributed by atoms with Crippen LogP contribution in [0, 0.1) is 0 Å². The summed E-state index contributed by atoms with van der Waals surface area (Å²) in [5.74, 6) is 0.229. The lowest BCUT2D eigenvalue weighted by Gasteiger charge is -2.19. The first-order chi connectivity index (χ1) is 8.77. The lowest BCUT2D eigenvalue weighted by molar-refractivity contribution is -0.128. The highest BCUT2D eigenvalue weighted by Crippen LogP contribution is 2.39. The second-order valence-corrected chi connectivity index (χ2v) is 5.43. The topological polar surface area (TPSA) is 48.0 Å². The van der Waals surface area contributed by atoms with Gasteiger partial charge >= 0.3 is 8.60 Å². The highest BCUT2D eigenvalue weighted by atomic mass is 31.2. The number of amides is 1. The molecule has 0 bridgehead atoms. The Bertz CT molecular complexity index is 232. The average molecular weight is 277 g/mol. The number of carbonyl (C=O) groups is 1. The third kappa shape index (κ3) is 6.10. The van der Waals surface area contributed by atoms with Crippen LogP contribution in [0.3, 0.4) is 0 Å². The van der Waals surface area contributed by atoms with Gasteiger partial charge in [-0.05, 0) is 19.3 Å². The fourth-order valence-corrected chi connectivity index (χ4v) is 2.73. The minimum atomic E-state index is -1.24. The van der Waals surface area contributed by atoms with Crippen molar-refractivity contribution in [3.63, 3.8) is 0 Å². The van der Waals surface area contributed by atoms with Gasteiger partial charge in [0.1, 0.15) is 0 Å². The highest BCUT2D eigenvalue weighted by Gasteiger charge is 2.20. The van der Waals surface area contributed by atoms with Crippen LogP contribution in [0.1, 0.15) is 39.5 Å². The summed E-state index contributed by atoms with van der Waals surface area (Å²) < 4.78 is 16.6. The number of likely N-dealkylation sites (tertiary alicyclic amines) is 1. The predicted octanol–water partition coefficient (Wildman–Crippen LogP) is 2.71. The number of hydrogen-bond donors (Lipinski definition) is 0. The molecule has 1 saturated heterocycles. The summed E-state index contributed by atoms with van der Waals surface area (Å²) in [4.78, 5) is 13.2. The van der Waals surface area contributed by atoms with Gasteiger partial charge in [-0.25, -0.2) is 0 Å². The number of nitrogens with zero attached hydrogens (tertiary/aromatic N) is 1. The quantitative estimate of drug-likeness (QED) is 0.576. The molecule has 0 atom stereocenters. The molecule has 1 aliphatic heterocycles. The van der Waals surface area contributed by atoms with Gasteiger partial charge < -0.3 is 18.5 Å². The van der Waals surface area contributed by atoms with Gasteiger partial charge in [0.25, 0.3) is 0 Å². The molecule has 0 unspecified atom stereocenters. The lowest BCUT2D eigenvalue weighted by atomic mass is 10.4. The van der Waals surface area contributed by atoms with Crippen molar-refractivity contribution >= 4 is 14.5 Å². The molecule has 1 rings (SSSR count). The fraction of sp³-hybridized carbons (Fsp3) is 0.917. The average Bonchev–Trinajstić information content (AvgIpc) is 2.78. The van der Waals surface area contributed by atoms with E-state index in [1.807, 2.05) is 4.90 Å². The van der Waals surface area contributed by atoms with Crippen LogP contribution in [-0.4, -0.2) is 43.7 Å². The van der Waals surface area contributed by atoms with Crippen LogP contribution in [0.5, 0.6) is 0 Å². The summed E-state index contributed by atoms with van der Waals surface area (Å²) in [5, 5.41) is 0. The maximum atomic E-state index is 11.4. The van der Waals surface area contributed by atoms with Crippen LogP contribution in [-0.2, 0) is 18.4 Å². The van der Waals surface area contributed by atoms with E-state index in [2.05, 4.69) is 13.8 Å². The molecule has 0 N–H and O–H groups in total. The van der Waals surface area contributed by atoms with E-state index in [1.54, 1.807) is 0 Å². The van der Waals surface area contributed by atoms with Crippen molar-refractivity contribution in [2.75, 3.05) is 32.9 Å². The molecule has 1 amide bonds. The van der Waals surface area contributed by atoms with Crippen LogP contribution < -0.4 is 0 Å². The SMILES string of the molecule is CCCOP(OCCC)OCCN1CCCC1=O. The number of hydrogen-bond acceptors (Lipinski definition) is 4. The third-order valence-electron chi connectivity index (χ3n) is 2.53.